The van der Waals surface area contributed by atoms with Gasteiger partial charge in [-0.2, -0.15) is 0 Å². The summed E-state index contributed by atoms with van der Waals surface area (Å²) in [5.41, 5.74) is 3.11. The molecule has 20 heavy (non-hydrogen) atoms. The molecule has 0 saturated heterocycles. The van der Waals surface area contributed by atoms with Crippen LogP contribution in [0.5, 0.6) is 0 Å². The van der Waals surface area contributed by atoms with E-state index in [9.17, 15) is 4.39 Å². The summed E-state index contributed by atoms with van der Waals surface area (Å²) < 4.78 is 14.0. The Morgan fingerprint density at radius 3 is 2.60 bits per heavy atom. The van der Waals surface area contributed by atoms with Crippen molar-refractivity contribution in [1.82, 2.24) is 0 Å². The van der Waals surface area contributed by atoms with Crippen molar-refractivity contribution in [3.8, 4) is 0 Å². The van der Waals surface area contributed by atoms with Crippen molar-refractivity contribution in [2.24, 2.45) is 0 Å². The van der Waals surface area contributed by atoms with Crippen molar-refractivity contribution < 1.29 is 4.39 Å². The van der Waals surface area contributed by atoms with Crippen molar-refractivity contribution in [1.29, 1.82) is 0 Å². The molecule has 3 rings (SSSR count). The largest absolute Gasteiger partial charge is 0.376 e. The van der Waals surface area contributed by atoms with Crippen molar-refractivity contribution in [3.63, 3.8) is 0 Å². The maximum Gasteiger partial charge on any atom is 0.164 e. The number of rotatable bonds is 2. The standard InChI is InChI=1S/C17H17ClFN/c1-11-9-10-15(13-6-3-2-5-12(11)13)20-16-8-4-7-14(18)17(16)19/h2-8,11,15,20H,9-10H2,1H3. The van der Waals surface area contributed by atoms with Crippen LogP contribution in [-0.4, -0.2) is 0 Å². The lowest BCUT2D eigenvalue weighted by Crippen LogP contribution is -2.19. The first-order chi connectivity index (χ1) is 9.66. The minimum Gasteiger partial charge on any atom is -0.376 e. The summed E-state index contributed by atoms with van der Waals surface area (Å²) in [6, 6.07) is 13.6. The van der Waals surface area contributed by atoms with Crippen molar-refractivity contribution >= 4 is 17.3 Å². The Labute approximate surface area is 123 Å². The number of anilines is 1. The summed E-state index contributed by atoms with van der Waals surface area (Å²) in [5, 5.41) is 3.47. The maximum atomic E-state index is 14.0. The van der Waals surface area contributed by atoms with Crippen molar-refractivity contribution in [2.75, 3.05) is 5.32 Å². The fraction of sp³-hybridized carbons (Fsp3) is 0.294. The molecule has 0 fully saturated rings. The summed E-state index contributed by atoms with van der Waals surface area (Å²) in [7, 11) is 0. The third-order valence-corrected chi connectivity index (χ3v) is 4.36. The van der Waals surface area contributed by atoms with Crippen LogP contribution in [0, 0.1) is 5.82 Å². The number of hydrogen-bond acceptors (Lipinski definition) is 1. The number of benzene rings is 2. The predicted molar refractivity (Wildman–Crippen MR) is 81.9 cm³/mol. The van der Waals surface area contributed by atoms with Crippen molar-refractivity contribution in [3.05, 3.63) is 64.4 Å². The molecule has 0 spiro atoms. The third kappa shape index (κ3) is 2.40. The molecular weight excluding hydrogens is 273 g/mol. The van der Waals surface area contributed by atoms with Gasteiger partial charge in [-0.1, -0.05) is 48.9 Å². The average Bonchev–Trinajstić information content (AvgIpc) is 2.47. The number of nitrogens with one attached hydrogen (secondary N) is 1. The van der Waals surface area contributed by atoms with E-state index < -0.39 is 0 Å². The molecule has 3 heteroatoms. The van der Waals surface area contributed by atoms with Crippen LogP contribution >= 0.6 is 11.6 Å². The van der Waals surface area contributed by atoms with Gasteiger partial charge in [0.25, 0.3) is 0 Å². The molecule has 2 aromatic carbocycles. The van der Waals surface area contributed by atoms with Gasteiger partial charge in [0.05, 0.1) is 16.8 Å². The SMILES string of the molecule is CC1CCC(Nc2cccc(Cl)c2F)c2ccccc21. The van der Waals surface area contributed by atoms with Gasteiger partial charge in [0.15, 0.2) is 5.82 Å². The molecule has 104 valence electrons. The van der Waals surface area contributed by atoms with Crippen LogP contribution < -0.4 is 5.32 Å². The van der Waals surface area contributed by atoms with E-state index >= 15 is 0 Å². The summed E-state index contributed by atoms with van der Waals surface area (Å²) in [5.74, 6) is 0.193. The molecule has 1 aliphatic carbocycles. The van der Waals surface area contributed by atoms with Crippen LogP contribution in [-0.2, 0) is 0 Å². The molecular formula is C17H17ClFN. The molecule has 1 nitrogen and oxygen atoms in total. The van der Waals surface area contributed by atoms with E-state index in [0.717, 1.165) is 12.8 Å². The Bertz CT molecular complexity index is 626. The Morgan fingerprint density at radius 1 is 1.05 bits per heavy atom. The van der Waals surface area contributed by atoms with Crippen LogP contribution in [0.25, 0.3) is 0 Å². The highest BCUT2D eigenvalue weighted by Gasteiger charge is 2.24. The first-order valence-electron chi connectivity index (χ1n) is 6.96. The van der Waals surface area contributed by atoms with Gasteiger partial charge in [0, 0.05) is 0 Å². The second kappa shape index (κ2) is 5.45. The van der Waals surface area contributed by atoms with E-state index in [-0.39, 0.29) is 16.9 Å². The molecule has 2 aromatic rings. The number of fused-ring (bicyclic) bond motifs is 1. The Hall–Kier alpha value is -1.54. The van der Waals surface area contributed by atoms with Gasteiger partial charge in [-0.3, -0.25) is 0 Å². The molecule has 1 N–H and O–H groups in total. The first kappa shape index (κ1) is 13.4. The highest BCUT2D eigenvalue weighted by molar-refractivity contribution is 6.31. The highest BCUT2D eigenvalue weighted by atomic mass is 35.5. The predicted octanol–water partition coefficient (Wildman–Crippen LogP) is 5.53. The van der Waals surface area contributed by atoms with Crippen LogP contribution in [0.15, 0.2) is 42.5 Å². The fourth-order valence-electron chi connectivity index (χ4n) is 2.96. The second-order valence-corrected chi connectivity index (χ2v) is 5.81. The van der Waals surface area contributed by atoms with Crippen LogP contribution in [0.1, 0.15) is 42.9 Å². The quantitative estimate of drug-likeness (QED) is 0.766. The van der Waals surface area contributed by atoms with Gasteiger partial charge in [0.2, 0.25) is 0 Å². The van der Waals surface area contributed by atoms with Gasteiger partial charge in [-0.25, -0.2) is 4.39 Å². The Morgan fingerprint density at radius 2 is 1.80 bits per heavy atom. The zero-order chi connectivity index (χ0) is 14.1. The molecule has 1 aliphatic rings. The molecule has 0 amide bonds. The molecule has 0 saturated carbocycles. The summed E-state index contributed by atoms with van der Waals surface area (Å²) in [6.45, 7) is 2.25. The van der Waals surface area contributed by atoms with Gasteiger partial charge >= 0.3 is 0 Å². The monoisotopic (exact) mass is 289 g/mol. The fourth-order valence-corrected chi connectivity index (χ4v) is 3.13. The van der Waals surface area contributed by atoms with E-state index in [1.165, 1.54) is 11.1 Å². The minimum atomic E-state index is -0.370. The van der Waals surface area contributed by atoms with Gasteiger partial charge < -0.3 is 5.32 Å². The molecule has 2 unspecified atom stereocenters. The van der Waals surface area contributed by atoms with E-state index in [1.807, 2.05) is 6.07 Å². The maximum absolute atomic E-state index is 14.0. The normalized spacial score (nSPS) is 21.4. The lowest BCUT2D eigenvalue weighted by Gasteiger charge is -2.31. The van der Waals surface area contributed by atoms with Gasteiger partial charge in [-0.15, -0.1) is 0 Å². The minimum absolute atomic E-state index is 0.148. The average molecular weight is 290 g/mol. The lowest BCUT2D eigenvalue weighted by atomic mass is 9.81. The van der Waals surface area contributed by atoms with Crippen LogP contribution in [0.3, 0.4) is 0 Å². The molecule has 0 aromatic heterocycles. The van der Waals surface area contributed by atoms with Crippen LogP contribution in [0.2, 0.25) is 5.02 Å². The smallest absolute Gasteiger partial charge is 0.164 e. The molecule has 0 aliphatic heterocycles. The lowest BCUT2D eigenvalue weighted by molar-refractivity contribution is 0.531. The topological polar surface area (TPSA) is 12.0 Å². The zero-order valence-electron chi connectivity index (χ0n) is 11.4. The van der Waals surface area contributed by atoms with E-state index in [1.54, 1.807) is 18.2 Å². The Balaban J connectivity index is 1.93. The van der Waals surface area contributed by atoms with E-state index in [0.29, 0.717) is 11.6 Å². The highest BCUT2D eigenvalue weighted by Crippen LogP contribution is 2.39. The third-order valence-electron chi connectivity index (χ3n) is 4.07. The summed E-state index contributed by atoms with van der Waals surface area (Å²) in [6.07, 6.45) is 2.11. The Kier molecular flexibility index (Phi) is 3.66. The molecule has 2 atom stereocenters. The summed E-state index contributed by atoms with van der Waals surface area (Å²) in [4.78, 5) is 0. The summed E-state index contributed by atoms with van der Waals surface area (Å²) >= 11 is 5.84. The molecule has 0 heterocycles. The first-order valence-corrected chi connectivity index (χ1v) is 7.34. The zero-order valence-corrected chi connectivity index (χ0v) is 12.1. The van der Waals surface area contributed by atoms with Crippen molar-refractivity contribution in [2.45, 2.75) is 31.7 Å². The van der Waals surface area contributed by atoms with Gasteiger partial charge in [0.1, 0.15) is 0 Å². The van der Waals surface area contributed by atoms with Gasteiger partial charge in [-0.05, 0) is 42.0 Å². The molecule has 0 bridgehead atoms. The van der Waals surface area contributed by atoms with E-state index in [4.69, 9.17) is 11.6 Å². The second-order valence-electron chi connectivity index (χ2n) is 5.41. The van der Waals surface area contributed by atoms with Crippen LogP contribution in [0.4, 0.5) is 10.1 Å². The molecule has 0 radical (unpaired) electrons. The number of halogens is 2. The number of hydrogen-bond donors (Lipinski definition) is 1. The van der Waals surface area contributed by atoms with E-state index in [2.05, 4.69) is 30.4 Å².